The number of hydrogen-bond acceptors (Lipinski definition) is 3. The first-order chi connectivity index (χ1) is 10.0. The maximum Gasteiger partial charge on any atom is 0.255 e. The average molecular weight is 419 g/mol. The Balaban J connectivity index is 2.15. The van der Waals surface area contributed by atoms with Crippen LogP contribution in [0.2, 0.25) is 0 Å². The molecule has 1 amide bonds. The molecule has 0 saturated carbocycles. The lowest BCUT2D eigenvalue weighted by Gasteiger charge is -2.20. The Labute approximate surface area is 140 Å². The smallest absolute Gasteiger partial charge is 0.255 e. The van der Waals surface area contributed by atoms with Gasteiger partial charge >= 0.3 is 0 Å². The lowest BCUT2D eigenvalue weighted by Crippen LogP contribution is -2.30. The van der Waals surface area contributed by atoms with E-state index in [0.29, 0.717) is 18.7 Å². The van der Waals surface area contributed by atoms with Gasteiger partial charge in [0.05, 0.1) is 15.6 Å². The molecule has 6 heteroatoms. The van der Waals surface area contributed by atoms with Crippen LogP contribution in [-0.2, 0) is 6.54 Å². The van der Waals surface area contributed by atoms with Crippen LogP contribution in [0.4, 0.5) is 4.39 Å². The number of ether oxygens (including phenoxy) is 1. The summed E-state index contributed by atoms with van der Waals surface area (Å²) in [4.78, 5) is 14.1. The van der Waals surface area contributed by atoms with Gasteiger partial charge < -0.3 is 9.64 Å². The van der Waals surface area contributed by atoms with Crippen molar-refractivity contribution in [2.45, 2.75) is 13.5 Å². The van der Waals surface area contributed by atoms with Crippen molar-refractivity contribution in [2.24, 2.45) is 0 Å². The highest BCUT2D eigenvalue weighted by Gasteiger charge is 2.16. The fourth-order valence-electron chi connectivity index (χ4n) is 1.96. The van der Waals surface area contributed by atoms with Crippen LogP contribution < -0.4 is 4.74 Å². The van der Waals surface area contributed by atoms with Gasteiger partial charge in [0.2, 0.25) is 0 Å². The predicted molar refractivity (Wildman–Crippen MR) is 90.4 cm³/mol. The first-order valence-corrected chi connectivity index (χ1v) is 8.36. The maximum atomic E-state index is 13.7. The third-order valence-electron chi connectivity index (χ3n) is 3.07. The second-order valence-electron chi connectivity index (χ2n) is 4.43. The van der Waals surface area contributed by atoms with Crippen molar-refractivity contribution in [3.05, 3.63) is 49.5 Å². The van der Waals surface area contributed by atoms with Crippen molar-refractivity contribution in [1.82, 2.24) is 4.90 Å². The molecule has 0 bridgehead atoms. The highest BCUT2D eigenvalue weighted by molar-refractivity contribution is 14.1. The Morgan fingerprint density at radius 1 is 1.43 bits per heavy atom. The molecule has 2 rings (SSSR count). The van der Waals surface area contributed by atoms with Gasteiger partial charge in [-0.15, -0.1) is 11.3 Å². The number of carbonyl (C=O) groups is 1. The lowest BCUT2D eigenvalue weighted by atomic mass is 10.2. The second kappa shape index (κ2) is 7.22. The third-order valence-corrected chi connectivity index (χ3v) is 4.86. The lowest BCUT2D eigenvalue weighted by molar-refractivity contribution is 0.0753. The molecule has 0 fully saturated rings. The summed E-state index contributed by atoms with van der Waals surface area (Å²) in [6.07, 6.45) is 0. The molecule has 0 aliphatic carbocycles. The molecule has 0 aliphatic heterocycles. The van der Waals surface area contributed by atoms with Crippen molar-refractivity contribution in [1.29, 1.82) is 0 Å². The molecule has 0 atom stereocenters. The average Bonchev–Trinajstić information content (AvgIpc) is 2.91. The number of benzene rings is 1. The predicted octanol–water partition coefficient (Wildman–Crippen LogP) is 4.16. The third kappa shape index (κ3) is 3.94. The molecule has 0 saturated heterocycles. The Kier molecular flexibility index (Phi) is 5.58. The minimum Gasteiger partial charge on any atom is -0.494 e. The minimum atomic E-state index is -0.413. The van der Waals surface area contributed by atoms with E-state index in [0.717, 1.165) is 8.45 Å². The van der Waals surface area contributed by atoms with Gasteiger partial charge in [-0.3, -0.25) is 4.79 Å². The molecule has 0 radical (unpaired) electrons. The summed E-state index contributed by atoms with van der Waals surface area (Å²) >= 11 is 3.73. The standard InChI is InChI=1S/C15H15FINO2S/c1-3-18(15(19)11-7-14(17)21-9-11)8-10-4-5-13(20-2)12(16)6-10/h4-7,9H,3,8H2,1-2H3. The topological polar surface area (TPSA) is 29.5 Å². The van der Waals surface area contributed by atoms with Crippen LogP contribution >= 0.6 is 33.9 Å². The number of hydrogen-bond donors (Lipinski definition) is 0. The van der Waals surface area contributed by atoms with E-state index < -0.39 is 5.82 Å². The fourth-order valence-corrected chi connectivity index (χ4v) is 3.28. The SMILES string of the molecule is CCN(Cc1ccc(OC)c(F)c1)C(=O)c1csc(I)c1. The van der Waals surface area contributed by atoms with E-state index in [1.165, 1.54) is 24.5 Å². The summed E-state index contributed by atoms with van der Waals surface area (Å²) in [5, 5.41) is 1.85. The molecule has 2 aromatic rings. The second-order valence-corrected chi connectivity index (χ2v) is 7.23. The molecule has 0 aliphatic rings. The zero-order chi connectivity index (χ0) is 15.4. The molecule has 1 aromatic carbocycles. The van der Waals surface area contributed by atoms with Crippen molar-refractivity contribution in [2.75, 3.05) is 13.7 Å². The quantitative estimate of drug-likeness (QED) is 0.682. The van der Waals surface area contributed by atoms with Gasteiger partial charge in [0.1, 0.15) is 0 Å². The number of thiophene rings is 1. The van der Waals surface area contributed by atoms with Crippen molar-refractivity contribution in [3.63, 3.8) is 0 Å². The van der Waals surface area contributed by atoms with Gasteiger partial charge in [-0.1, -0.05) is 6.07 Å². The number of halogens is 2. The van der Waals surface area contributed by atoms with Crippen molar-refractivity contribution in [3.8, 4) is 5.75 Å². The molecule has 1 aromatic heterocycles. The van der Waals surface area contributed by atoms with Gasteiger partial charge in [-0.05, 0) is 53.3 Å². The van der Waals surface area contributed by atoms with Crippen molar-refractivity contribution >= 4 is 39.8 Å². The van der Waals surface area contributed by atoms with E-state index in [4.69, 9.17) is 4.74 Å². The van der Waals surface area contributed by atoms with E-state index in [1.807, 2.05) is 18.4 Å². The van der Waals surface area contributed by atoms with Gasteiger partial charge in [-0.25, -0.2) is 4.39 Å². The number of rotatable bonds is 5. The zero-order valence-corrected chi connectivity index (χ0v) is 14.7. The Bertz CT molecular complexity index is 644. The summed E-state index contributed by atoms with van der Waals surface area (Å²) in [6, 6.07) is 6.63. The van der Waals surface area contributed by atoms with E-state index >= 15 is 0 Å². The molecule has 0 N–H and O–H groups in total. The first-order valence-electron chi connectivity index (χ1n) is 6.41. The molecule has 0 unspecified atom stereocenters. The van der Waals surface area contributed by atoms with Gasteiger partial charge in [0.25, 0.3) is 5.91 Å². The van der Waals surface area contributed by atoms with E-state index in [1.54, 1.807) is 17.0 Å². The zero-order valence-electron chi connectivity index (χ0n) is 11.7. The highest BCUT2D eigenvalue weighted by Crippen LogP contribution is 2.21. The summed E-state index contributed by atoms with van der Waals surface area (Å²) < 4.78 is 19.7. The monoisotopic (exact) mass is 419 g/mol. The van der Waals surface area contributed by atoms with Crippen LogP contribution in [-0.4, -0.2) is 24.5 Å². The number of methoxy groups -OCH3 is 1. The normalized spacial score (nSPS) is 10.5. The Hall–Kier alpha value is -1.15. The molecule has 21 heavy (non-hydrogen) atoms. The summed E-state index contributed by atoms with van der Waals surface area (Å²) in [5.74, 6) is -0.239. The molecule has 112 valence electrons. The molecule has 1 heterocycles. The molecule has 3 nitrogen and oxygen atoms in total. The highest BCUT2D eigenvalue weighted by atomic mass is 127. The maximum absolute atomic E-state index is 13.7. The molecule has 0 spiro atoms. The van der Waals surface area contributed by atoms with Crippen LogP contribution in [0.1, 0.15) is 22.8 Å². The Morgan fingerprint density at radius 2 is 2.19 bits per heavy atom. The summed E-state index contributed by atoms with van der Waals surface area (Å²) in [6.45, 7) is 2.86. The number of carbonyl (C=O) groups excluding carboxylic acids is 1. The molecular formula is C15H15FINO2S. The van der Waals surface area contributed by atoms with E-state index in [-0.39, 0.29) is 11.7 Å². The van der Waals surface area contributed by atoms with E-state index in [2.05, 4.69) is 22.6 Å². The number of nitrogens with zero attached hydrogens (tertiary/aromatic N) is 1. The van der Waals surface area contributed by atoms with Crippen LogP contribution in [0.25, 0.3) is 0 Å². The summed E-state index contributed by atoms with van der Waals surface area (Å²) in [5.41, 5.74) is 1.42. The largest absolute Gasteiger partial charge is 0.494 e. The minimum absolute atomic E-state index is 0.0344. The first kappa shape index (κ1) is 16.2. The summed E-state index contributed by atoms with van der Waals surface area (Å²) in [7, 11) is 1.43. The van der Waals surface area contributed by atoms with Crippen LogP contribution in [0.15, 0.2) is 29.6 Å². The molecular weight excluding hydrogens is 404 g/mol. The van der Waals surface area contributed by atoms with Crippen LogP contribution in [0.5, 0.6) is 5.75 Å². The van der Waals surface area contributed by atoms with Gasteiger partial charge in [0, 0.05) is 18.5 Å². The van der Waals surface area contributed by atoms with Crippen LogP contribution in [0.3, 0.4) is 0 Å². The number of amides is 1. The van der Waals surface area contributed by atoms with Crippen molar-refractivity contribution < 1.29 is 13.9 Å². The fraction of sp³-hybridized carbons (Fsp3) is 0.267. The van der Waals surface area contributed by atoms with Gasteiger partial charge in [-0.2, -0.15) is 0 Å². The van der Waals surface area contributed by atoms with Gasteiger partial charge in [0.15, 0.2) is 11.6 Å². The van der Waals surface area contributed by atoms with Crippen LogP contribution in [0, 0.1) is 8.70 Å². The Morgan fingerprint density at radius 3 is 2.71 bits per heavy atom. The van der Waals surface area contributed by atoms with E-state index in [9.17, 15) is 9.18 Å².